The zero-order chi connectivity index (χ0) is 54.1. The molecule has 2 aliphatic rings. The van der Waals surface area contributed by atoms with Crippen LogP contribution in [0.4, 0.5) is 17.1 Å². The molecule has 0 aliphatic heterocycles. The Hall–Kier alpha value is -9.68. The summed E-state index contributed by atoms with van der Waals surface area (Å²) in [5.74, 6) is 0.621. The van der Waals surface area contributed by atoms with Crippen molar-refractivity contribution in [2.45, 2.75) is 38.5 Å². The van der Waals surface area contributed by atoms with Gasteiger partial charge in [0.1, 0.15) is 0 Å². The predicted molar refractivity (Wildman–Crippen MR) is 341 cm³/mol. The van der Waals surface area contributed by atoms with Gasteiger partial charge in [0, 0.05) is 64.3 Å². The molecule has 0 saturated heterocycles. The Balaban J connectivity index is 0.970. The fraction of sp³-hybridized carbons (Fsp3) is 0.0789. The van der Waals surface area contributed by atoms with E-state index in [0.717, 1.165) is 66.9 Å². The molecule has 3 aromatic heterocycles. The van der Waals surface area contributed by atoms with E-state index in [0.29, 0.717) is 5.95 Å². The lowest BCUT2D eigenvalue weighted by Crippen LogP contribution is -2.15. The van der Waals surface area contributed by atoms with Gasteiger partial charge in [0.15, 0.2) is 0 Å². The summed E-state index contributed by atoms with van der Waals surface area (Å²) in [5.41, 5.74) is 23.9. The van der Waals surface area contributed by atoms with E-state index >= 15 is 0 Å². The van der Waals surface area contributed by atoms with E-state index in [2.05, 4.69) is 292 Å². The highest BCUT2D eigenvalue weighted by atomic mass is 32.1. The highest BCUT2D eigenvalue weighted by Crippen LogP contribution is 2.53. The largest absolute Gasteiger partial charge is 0.310 e. The highest BCUT2D eigenvalue weighted by Gasteiger charge is 2.37. The first-order valence-electron chi connectivity index (χ1n) is 28.0. The quantitative estimate of drug-likeness (QED) is 0.152. The zero-order valence-corrected chi connectivity index (χ0v) is 46.3. The fourth-order valence-electron chi connectivity index (χ4n) is 13.5. The van der Waals surface area contributed by atoms with Gasteiger partial charge in [0.25, 0.3) is 0 Å². The molecule has 5 heteroatoms. The normalized spacial score (nSPS) is 13.6. The lowest BCUT2D eigenvalue weighted by atomic mass is 9.81. The van der Waals surface area contributed by atoms with E-state index in [-0.39, 0.29) is 10.8 Å². The van der Waals surface area contributed by atoms with Crippen molar-refractivity contribution in [2.24, 2.45) is 0 Å². The summed E-state index contributed by atoms with van der Waals surface area (Å²) >= 11 is 1.84. The zero-order valence-electron chi connectivity index (χ0n) is 45.4. The number of anilines is 3. The average Bonchev–Trinajstić information content (AvgIpc) is 3.00. The standard InChI is InChI=1S/C76H54N4S/c1-75(2)62-28-14-11-25-55(62)57-39-35-51(42-64(57)75)66-45-67(52-36-40-58-56-26-12-15-29-63(56)76(3,4)65(58)43-52)78-74(77-66)80-69-31-18-30-68(73(69)61-44-60-59-27-13-16-32-71(59)81-72(60)46-70(61)80)79(53-37-33-49(34-38-53)47-19-7-5-8-20-47)54-24-17-23-50(41-54)48-21-9-6-10-22-48/h5-46H,1-4H3. The fourth-order valence-corrected chi connectivity index (χ4v) is 14.7. The molecule has 14 aromatic rings. The van der Waals surface area contributed by atoms with Crippen molar-refractivity contribution in [1.82, 2.24) is 14.5 Å². The van der Waals surface area contributed by atoms with Gasteiger partial charge in [-0.05, 0) is 140 Å². The van der Waals surface area contributed by atoms with Crippen LogP contribution in [-0.4, -0.2) is 14.5 Å². The van der Waals surface area contributed by atoms with Crippen LogP contribution in [0, 0.1) is 0 Å². The number of thiophene rings is 1. The van der Waals surface area contributed by atoms with E-state index in [4.69, 9.17) is 9.97 Å². The topological polar surface area (TPSA) is 34.0 Å². The van der Waals surface area contributed by atoms with Gasteiger partial charge in [-0.25, -0.2) is 9.97 Å². The maximum atomic E-state index is 5.77. The van der Waals surface area contributed by atoms with Gasteiger partial charge in [-0.3, -0.25) is 4.57 Å². The summed E-state index contributed by atoms with van der Waals surface area (Å²) < 4.78 is 4.83. The summed E-state index contributed by atoms with van der Waals surface area (Å²) in [4.78, 5) is 14.0. The van der Waals surface area contributed by atoms with E-state index in [1.807, 2.05) is 11.3 Å². The first-order valence-corrected chi connectivity index (χ1v) is 28.9. The van der Waals surface area contributed by atoms with Gasteiger partial charge in [-0.2, -0.15) is 0 Å². The molecule has 2 aliphatic carbocycles. The SMILES string of the molecule is CC1(C)c2ccccc2-c2ccc(-c3cc(-c4ccc5c(c4)C(C)(C)c4ccccc4-5)nc(-n4c5cc6sc7ccccc7c6cc5c5c(N(c6ccc(-c7ccccc7)cc6)c6cccc(-c7ccccc7)c6)cccc54)n3)cc21. The number of rotatable bonds is 8. The van der Waals surface area contributed by atoms with Crippen molar-refractivity contribution < 1.29 is 0 Å². The molecular weight excluding hydrogens is 1000 g/mol. The van der Waals surface area contributed by atoms with E-state index in [9.17, 15) is 0 Å². The lowest BCUT2D eigenvalue weighted by molar-refractivity contribution is 0.660. The predicted octanol–water partition coefficient (Wildman–Crippen LogP) is 20.7. The van der Waals surface area contributed by atoms with Crippen LogP contribution in [-0.2, 0) is 10.8 Å². The lowest BCUT2D eigenvalue weighted by Gasteiger charge is -2.27. The summed E-state index contributed by atoms with van der Waals surface area (Å²) in [6.07, 6.45) is 0. The number of benzene rings is 11. The molecule has 0 unspecified atom stereocenters. The van der Waals surface area contributed by atoms with E-state index < -0.39 is 0 Å². The van der Waals surface area contributed by atoms with Gasteiger partial charge in [-0.15, -0.1) is 11.3 Å². The third kappa shape index (κ3) is 7.35. The molecule has 384 valence electrons. The summed E-state index contributed by atoms with van der Waals surface area (Å²) in [7, 11) is 0. The van der Waals surface area contributed by atoms with Gasteiger partial charge in [0.05, 0.1) is 28.1 Å². The van der Waals surface area contributed by atoms with E-state index in [1.54, 1.807) is 0 Å². The van der Waals surface area contributed by atoms with Gasteiger partial charge >= 0.3 is 0 Å². The highest BCUT2D eigenvalue weighted by molar-refractivity contribution is 7.25. The third-order valence-electron chi connectivity index (χ3n) is 17.6. The van der Waals surface area contributed by atoms with Gasteiger partial charge in [-0.1, -0.05) is 210 Å². The van der Waals surface area contributed by atoms with Crippen molar-refractivity contribution in [3.05, 3.63) is 277 Å². The molecule has 0 spiro atoms. The second-order valence-electron chi connectivity index (χ2n) is 22.9. The Morgan fingerprint density at radius 1 is 0.346 bits per heavy atom. The Morgan fingerprint density at radius 2 is 0.877 bits per heavy atom. The number of aromatic nitrogens is 3. The molecule has 0 saturated carbocycles. The van der Waals surface area contributed by atoms with Crippen LogP contribution in [0.2, 0.25) is 0 Å². The smallest absolute Gasteiger partial charge is 0.235 e. The van der Waals surface area contributed by atoms with Crippen LogP contribution in [0.3, 0.4) is 0 Å². The second kappa shape index (κ2) is 17.9. The number of nitrogens with zero attached hydrogens (tertiary/aromatic N) is 4. The van der Waals surface area contributed by atoms with Crippen molar-refractivity contribution in [3.8, 4) is 73.0 Å². The Bertz CT molecular complexity index is 4750. The van der Waals surface area contributed by atoms with Crippen molar-refractivity contribution in [1.29, 1.82) is 0 Å². The maximum Gasteiger partial charge on any atom is 0.235 e. The first kappa shape index (κ1) is 47.3. The monoisotopic (exact) mass is 1050 g/mol. The van der Waals surface area contributed by atoms with Gasteiger partial charge < -0.3 is 4.90 Å². The van der Waals surface area contributed by atoms with Crippen LogP contribution in [0.1, 0.15) is 49.9 Å². The van der Waals surface area contributed by atoms with Gasteiger partial charge in [0.2, 0.25) is 5.95 Å². The Kier molecular flexibility index (Phi) is 10.5. The van der Waals surface area contributed by atoms with E-state index in [1.165, 1.54) is 81.4 Å². The summed E-state index contributed by atoms with van der Waals surface area (Å²) in [5, 5.41) is 4.74. The van der Waals surface area contributed by atoms with Crippen LogP contribution >= 0.6 is 11.3 Å². The van der Waals surface area contributed by atoms with Crippen LogP contribution in [0.5, 0.6) is 0 Å². The number of hydrogen-bond donors (Lipinski definition) is 0. The molecule has 0 fully saturated rings. The summed E-state index contributed by atoms with van der Waals surface area (Å²) in [6.45, 7) is 9.41. The third-order valence-corrected chi connectivity index (χ3v) is 18.8. The van der Waals surface area contributed by atoms with Crippen LogP contribution in [0.25, 0.3) is 115 Å². The molecule has 81 heavy (non-hydrogen) atoms. The molecule has 0 bridgehead atoms. The Labute approximate surface area is 475 Å². The molecule has 16 rings (SSSR count). The van der Waals surface area contributed by atoms with Crippen LogP contribution in [0.15, 0.2) is 255 Å². The second-order valence-corrected chi connectivity index (χ2v) is 24.0. The minimum atomic E-state index is -0.186. The molecule has 3 heterocycles. The molecule has 0 radical (unpaired) electrons. The van der Waals surface area contributed by atoms with Crippen molar-refractivity contribution in [3.63, 3.8) is 0 Å². The van der Waals surface area contributed by atoms with Crippen LogP contribution < -0.4 is 4.90 Å². The molecule has 0 atom stereocenters. The maximum absolute atomic E-state index is 5.77. The van der Waals surface area contributed by atoms with Crippen molar-refractivity contribution in [2.75, 3.05) is 4.90 Å². The average molecular weight is 1060 g/mol. The molecule has 0 amide bonds. The Morgan fingerprint density at radius 3 is 1.53 bits per heavy atom. The minimum absolute atomic E-state index is 0.186. The number of hydrogen-bond acceptors (Lipinski definition) is 4. The molecule has 11 aromatic carbocycles. The molecular formula is C76H54N4S. The number of fused-ring (bicyclic) bond motifs is 12. The molecule has 4 nitrogen and oxygen atoms in total. The minimum Gasteiger partial charge on any atom is -0.310 e. The molecule has 0 N–H and O–H groups in total. The summed E-state index contributed by atoms with van der Waals surface area (Å²) in [6, 6.07) is 93.7. The first-order chi connectivity index (χ1) is 39.7. The van der Waals surface area contributed by atoms with Crippen molar-refractivity contribution >= 4 is 70.4 Å².